The normalized spacial score (nSPS) is 15.0. The van der Waals surface area contributed by atoms with Crippen molar-refractivity contribution < 1.29 is 14.3 Å². The van der Waals surface area contributed by atoms with E-state index >= 15 is 0 Å². The average Bonchev–Trinajstić information content (AvgIpc) is 3.28. The van der Waals surface area contributed by atoms with E-state index in [1.54, 1.807) is 35.3 Å². The van der Waals surface area contributed by atoms with Gasteiger partial charge in [0.2, 0.25) is 0 Å². The second kappa shape index (κ2) is 6.60. The van der Waals surface area contributed by atoms with Crippen molar-refractivity contribution >= 4 is 11.9 Å². The Bertz CT molecular complexity index is 678. The maximum Gasteiger partial charge on any atom is 0.338 e. The molecule has 1 aromatic heterocycles. The standard InChI is InChI=1S/C16H18N4O3/c1-11(12-2-3-12)19-15(21)8-23-16(22)13-4-6-14(7-5-13)20-10-17-9-18-20/h4-7,9-12H,2-3,8H2,1H3,(H,19,21)/t11-/m0/s1. The lowest BCUT2D eigenvalue weighted by molar-refractivity contribution is -0.124. The van der Waals surface area contributed by atoms with Crippen molar-refractivity contribution in [1.82, 2.24) is 20.1 Å². The minimum Gasteiger partial charge on any atom is -0.452 e. The molecule has 1 fully saturated rings. The molecule has 3 rings (SSSR count). The molecule has 1 aliphatic carbocycles. The van der Waals surface area contributed by atoms with Gasteiger partial charge in [0, 0.05) is 6.04 Å². The number of ether oxygens (including phenoxy) is 1. The summed E-state index contributed by atoms with van der Waals surface area (Å²) >= 11 is 0. The summed E-state index contributed by atoms with van der Waals surface area (Å²) in [5.41, 5.74) is 1.17. The van der Waals surface area contributed by atoms with Gasteiger partial charge in [0.25, 0.3) is 5.91 Å². The molecule has 1 atom stereocenters. The average molecular weight is 314 g/mol. The van der Waals surface area contributed by atoms with Gasteiger partial charge in [-0.05, 0) is 49.9 Å². The first-order valence-corrected chi connectivity index (χ1v) is 7.55. The number of hydrogen-bond acceptors (Lipinski definition) is 5. The van der Waals surface area contributed by atoms with Crippen molar-refractivity contribution in [2.24, 2.45) is 5.92 Å². The van der Waals surface area contributed by atoms with Crippen LogP contribution < -0.4 is 5.32 Å². The first-order valence-electron chi connectivity index (χ1n) is 7.55. The Kier molecular flexibility index (Phi) is 4.36. The SMILES string of the molecule is C[C@H](NC(=O)COC(=O)c1ccc(-n2cncn2)cc1)C1CC1. The van der Waals surface area contributed by atoms with E-state index in [0.29, 0.717) is 11.5 Å². The van der Waals surface area contributed by atoms with Crippen LogP contribution >= 0.6 is 0 Å². The third-order valence-corrected chi connectivity index (χ3v) is 3.84. The summed E-state index contributed by atoms with van der Waals surface area (Å²) in [4.78, 5) is 27.5. The molecule has 1 saturated carbocycles. The molecule has 120 valence electrons. The molecule has 0 spiro atoms. The minimum absolute atomic E-state index is 0.142. The van der Waals surface area contributed by atoms with Gasteiger partial charge in [0.05, 0.1) is 11.3 Å². The van der Waals surface area contributed by atoms with E-state index in [-0.39, 0.29) is 18.6 Å². The summed E-state index contributed by atoms with van der Waals surface area (Å²) < 4.78 is 6.62. The molecule has 23 heavy (non-hydrogen) atoms. The predicted octanol–water partition coefficient (Wildman–Crippen LogP) is 1.34. The lowest BCUT2D eigenvalue weighted by Crippen LogP contribution is -2.37. The third-order valence-electron chi connectivity index (χ3n) is 3.84. The number of aromatic nitrogens is 3. The van der Waals surface area contributed by atoms with Crippen molar-refractivity contribution in [2.75, 3.05) is 6.61 Å². The molecule has 0 saturated heterocycles. The maximum atomic E-state index is 11.9. The Morgan fingerprint density at radius 3 is 2.70 bits per heavy atom. The van der Waals surface area contributed by atoms with Crippen molar-refractivity contribution in [3.05, 3.63) is 42.5 Å². The highest BCUT2D eigenvalue weighted by molar-refractivity contribution is 5.91. The van der Waals surface area contributed by atoms with Gasteiger partial charge in [0.15, 0.2) is 6.61 Å². The van der Waals surface area contributed by atoms with Crippen LogP contribution in [0.15, 0.2) is 36.9 Å². The fraction of sp³-hybridized carbons (Fsp3) is 0.375. The van der Waals surface area contributed by atoms with Crippen LogP contribution in [0.4, 0.5) is 0 Å². The lowest BCUT2D eigenvalue weighted by Gasteiger charge is -2.12. The van der Waals surface area contributed by atoms with E-state index in [1.807, 2.05) is 6.92 Å². The Morgan fingerprint density at radius 2 is 2.09 bits per heavy atom. The Balaban J connectivity index is 1.50. The summed E-state index contributed by atoms with van der Waals surface area (Å²) in [6, 6.07) is 6.87. The molecule has 1 aromatic carbocycles. The number of amides is 1. The number of nitrogens with one attached hydrogen (secondary N) is 1. The van der Waals surface area contributed by atoms with E-state index in [4.69, 9.17) is 4.74 Å². The molecule has 0 radical (unpaired) electrons. The quantitative estimate of drug-likeness (QED) is 0.813. The minimum atomic E-state index is -0.524. The predicted molar refractivity (Wildman–Crippen MR) is 82.0 cm³/mol. The van der Waals surface area contributed by atoms with Crippen molar-refractivity contribution in [3.8, 4) is 5.69 Å². The van der Waals surface area contributed by atoms with Crippen LogP contribution in [0, 0.1) is 5.92 Å². The zero-order chi connectivity index (χ0) is 16.2. The molecular formula is C16H18N4O3. The monoisotopic (exact) mass is 314 g/mol. The fourth-order valence-electron chi connectivity index (χ4n) is 2.32. The van der Waals surface area contributed by atoms with Crippen LogP contribution in [-0.4, -0.2) is 39.3 Å². The van der Waals surface area contributed by atoms with Crippen LogP contribution in [0.5, 0.6) is 0 Å². The van der Waals surface area contributed by atoms with Crippen molar-refractivity contribution in [1.29, 1.82) is 0 Å². The Morgan fingerprint density at radius 1 is 1.35 bits per heavy atom. The molecule has 0 unspecified atom stereocenters. The summed E-state index contributed by atoms with van der Waals surface area (Å²) in [5.74, 6) is -0.222. The summed E-state index contributed by atoms with van der Waals surface area (Å²) in [5, 5.41) is 6.85. The van der Waals surface area contributed by atoms with Gasteiger partial charge in [-0.15, -0.1) is 0 Å². The second-order valence-corrected chi connectivity index (χ2v) is 5.66. The zero-order valence-electron chi connectivity index (χ0n) is 12.8. The van der Waals surface area contributed by atoms with Crippen LogP contribution in [-0.2, 0) is 9.53 Å². The Labute approximate surface area is 133 Å². The second-order valence-electron chi connectivity index (χ2n) is 5.66. The van der Waals surface area contributed by atoms with E-state index < -0.39 is 5.97 Å². The molecule has 7 heteroatoms. The summed E-state index contributed by atoms with van der Waals surface area (Å²) in [7, 11) is 0. The first kappa shape index (κ1) is 15.2. The van der Waals surface area contributed by atoms with Crippen molar-refractivity contribution in [2.45, 2.75) is 25.8 Å². The van der Waals surface area contributed by atoms with Gasteiger partial charge in [-0.2, -0.15) is 5.10 Å². The molecule has 1 N–H and O–H groups in total. The molecule has 1 heterocycles. The number of nitrogens with zero attached hydrogens (tertiary/aromatic N) is 3. The van der Waals surface area contributed by atoms with Crippen molar-refractivity contribution in [3.63, 3.8) is 0 Å². The van der Waals surface area contributed by atoms with Gasteiger partial charge < -0.3 is 10.1 Å². The van der Waals surface area contributed by atoms with Gasteiger partial charge in [-0.1, -0.05) is 0 Å². The smallest absolute Gasteiger partial charge is 0.338 e. The lowest BCUT2D eigenvalue weighted by atomic mass is 10.2. The number of hydrogen-bond donors (Lipinski definition) is 1. The molecule has 7 nitrogen and oxygen atoms in total. The summed E-state index contributed by atoms with van der Waals surface area (Å²) in [6.07, 6.45) is 5.31. The van der Waals surface area contributed by atoms with Gasteiger partial charge in [-0.3, -0.25) is 4.79 Å². The van der Waals surface area contributed by atoms with Crippen LogP contribution in [0.25, 0.3) is 5.69 Å². The maximum absolute atomic E-state index is 11.9. The number of benzene rings is 1. The molecule has 0 aliphatic heterocycles. The highest BCUT2D eigenvalue weighted by Gasteiger charge is 2.28. The van der Waals surface area contributed by atoms with Gasteiger partial charge >= 0.3 is 5.97 Å². The zero-order valence-corrected chi connectivity index (χ0v) is 12.8. The largest absolute Gasteiger partial charge is 0.452 e. The molecule has 0 bridgehead atoms. The number of carbonyl (C=O) groups is 2. The van der Waals surface area contributed by atoms with Crippen LogP contribution in [0.3, 0.4) is 0 Å². The third kappa shape index (κ3) is 3.94. The van der Waals surface area contributed by atoms with Gasteiger partial charge in [0.1, 0.15) is 12.7 Å². The highest BCUT2D eigenvalue weighted by atomic mass is 16.5. The van der Waals surface area contributed by atoms with Gasteiger partial charge in [-0.25, -0.2) is 14.5 Å². The molecule has 1 amide bonds. The fourth-order valence-corrected chi connectivity index (χ4v) is 2.32. The molecule has 1 aliphatic rings. The molecular weight excluding hydrogens is 296 g/mol. The number of esters is 1. The Hall–Kier alpha value is -2.70. The number of rotatable bonds is 6. The van der Waals surface area contributed by atoms with E-state index in [9.17, 15) is 9.59 Å². The van der Waals surface area contributed by atoms with E-state index in [1.165, 1.54) is 6.33 Å². The van der Waals surface area contributed by atoms with Crippen LogP contribution in [0.2, 0.25) is 0 Å². The van der Waals surface area contributed by atoms with E-state index in [2.05, 4.69) is 15.4 Å². The number of carbonyl (C=O) groups excluding carboxylic acids is 2. The molecule has 2 aromatic rings. The first-order chi connectivity index (χ1) is 11.1. The van der Waals surface area contributed by atoms with E-state index in [0.717, 1.165) is 18.5 Å². The topological polar surface area (TPSA) is 86.1 Å². The van der Waals surface area contributed by atoms with Crippen LogP contribution in [0.1, 0.15) is 30.1 Å². The highest BCUT2D eigenvalue weighted by Crippen LogP contribution is 2.32. The summed E-state index contributed by atoms with van der Waals surface area (Å²) in [6.45, 7) is 1.71.